The van der Waals surface area contributed by atoms with E-state index in [0.717, 1.165) is 37.2 Å². The number of nitrogens with zero attached hydrogens (tertiary/aromatic N) is 2. The summed E-state index contributed by atoms with van der Waals surface area (Å²) >= 11 is 0. The standard InChI is InChI=1S/C20H31N3O2/c1-16(14-20(25)23-12-6-4-5-7-13-23)21-18-10-8-17(9-11-18)15-19(24)22(2)3/h8-11,16,21H,4-7,12-15H2,1-3H3/t16-/m1/s1. The van der Waals surface area contributed by atoms with E-state index in [1.165, 1.54) is 12.8 Å². The van der Waals surface area contributed by atoms with Gasteiger partial charge in [0, 0.05) is 45.3 Å². The number of hydrogen-bond donors (Lipinski definition) is 1. The van der Waals surface area contributed by atoms with Crippen LogP contribution in [-0.2, 0) is 16.0 Å². The largest absolute Gasteiger partial charge is 0.382 e. The third-order valence-corrected chi connectivity index (χ3v) is 4.66. The van der Waals surface area contributed by atoms with Gasteiger partial charge in [0.15, 0.2) is 0 Å². The third-order valence-electron chi connectivity index (χ3n) is 4.66. The molecule has 0 spiro atoms. The molecule has 0 saturated carbocycles. The molecule has 1 fully saturated rings. The van der Waals surface area contributed by atoms with Crippen molar-refractivity contribution in [1.82, 2.24) is 9.80 Å². The van der Waals surface area contributed by atoms with Crippen LogP contribution in [0.4, 0.5) is 5.69 Å². The summed E-state index contributed by atoms with van der Waals surface area (Å²) in [6.07, 6.45) is 5.65. The summed E-state index contributed by atoms with van der Waals surface area (Å²) in [5.41, 5.74) is 1.98. The Labute approximate surface area is 151 Å². The van der Waals surface area contributed by atoms with Crippen LogP contribution < -0.4 is 5.32 Å². The predicted molar refractivity (Wildman–Crippen MR) is 102 cm³/mol. The predicted octanol–water partition coefficient (Wildman–Crippen LogP) is 2.91. The zero-order valence-electron chi connectivity index (χ0n) is 15.8. The zero-order chi connectivity index (χ0) is 18.2. The van der Waals surface area contributed by atoms with Gasteiger partial charge in [-0.3, -0.25) is 9.59 Å². The molecule has 138 valence electrons. The number of nitrogens with one attached hydrogen (secondary N) is 1. The monoisotopic (exact) mass is 345 g/mol. The Bertz CT molecular complexity index is 561. The van der Waals surface area contributed by atoms with Crippen molar-refractivity contribution in [2.24, 2.45) is 0 Å². The molecule has 0 bridgehead atoms. The van der Waals surface area contributed by atoms with Crippen molar-refractivity contribution in [2.45, 2.75) is 51.5 Å². The number of hydrogen-bond acceptors (Lipinski definition) is 3. The molecule has 1 aliphatic heterocycles. The van der Waals surface area contributed by atoms with Crippen LogP contribution >= 0.6 is 0 Å². The molecule has 25 heavy (non-hydrogen) atoms. The van der Waals surface area contributed by atoms with Crippen molar-refractivity contribution >= 4 is 17.5 Å². The second kappa shape index (κ2) is 9.44. The molecule has 1 heterocycles. The first kappa shape index (κ1) is 19.3. The Hall–Kier alpha value is -2.04. The van der Waals surface area contributed by atoms with Crippen LogP contribution in [0.2, 0.25) is 0 Å². The van der Waals surface area contributed by atoms with Gasteiger partial charge in [0.2, 0.25) is 11.8 Å². The number of carbonyl (C=O) groups excluding carboxylic acids is 2. The van der Waals surface area contributed by atoms with Crippen molar-refractivity contribution in [3.05, 3.63) is 29.8 Å². The molecule has 1 N–H and O–H groups in total. The summed E-state index contributed by atoms with van der Waals surface area (Å²) in [6, 6.07) is 7.97. The second-order valence-electron chi connectivity index (χ2n) is 7.21. The lowest BCUT2D eigenvalue weighted by atomic mass is 10.1. The fourth-order valence-corrected chi connectivity index (χ4v) is 3.10. The van der Waals surface area contributed by atoms with E-state index >= 15 is 0 Å². The first-order chi connectivity index (χ1) is 12.0. The highest BCUT2D eigenvalue weighted by Gasteiger charge is 2.18. The lowest BCUT2D eigenvalue weighted by Gasteiger charge is -2.23. The summed E-state index contributed by atoms with van der Waals surface area (Å²) in [5, 5.41) is 3.39. The van der Waals surface area contributed by atoms with E-state index in [-0.39, 0.29) is 17.9 Å². The minimum atomic E-state index is 0.0880. The number of anilines is 1. The molecule has 0 unspecified atom stereocenters. The van der Waals surface area contributed by atoms with Gasteiger partial charge in [-0.05, 0) is 37.5 Å². The lowest BCUT2D eigenvalue weighted by Crippen LogP contribution is -2.35. The van der Waals surface area contributed by atoms with Gasteiger partial charge in [0.25, 0.3) is 0 Å². The van der Waals surface area contributed by atoms with E-state index in [4.69, 9.17) is 0 Å². The number of amides is 2. The average molecular weight is 345 g/mol. The SMILES string of the molecule is C[C@H](CC(=O)N1CCCCCC1)Nc1ccc(CC(=O)N(C)C)cc1. The molecule has 1 aliphatic rings. The Balaban J connectivity index is 1.82. The van der Waals surface area contributed by atoms with Gasteiger partial charge < -0.3 is 15.1 Å². The Morgan fingerprint density at radius 1 is 1.08 bits per heavy atom. The van der Waals surface area contributed by atoms with Gasteiger partial charge in [0.05, 0.1) is 6.42 Å². The molecule has 0 radical (unpaired) electrons. The molecular formula is C20H31N3O2. The van der Waals surface area contributed by atoms with Crippen molar-refractivity contribution in [3.8, 4) is 0 Å². The Kier molecular flexibility index (Phi) is 7.29. The summed E-state index contributed by atoms with van der Waals surface area (Å²) in [5.74, 6) is 0.340. The molecule has 1 aromatic rings. The average Bonchev–Trinajstić information content (AvgIpc) is 2.85. The van der Waals surface area contributed by atoms with Gasteiger partial charge in [-0.2, -0.15) is 0 Å². The van der Waals surface area contributed by atoms with Gasteiger partial charge in [-0.15, -0.1) is 0 Å². The van der Waals surface area contributed by atoms with Crippen LogP contribution in [-0.4, -0.2) is 54.8 Å². The minimum absolute atomic E-state index is 0.0880. The molecule has 2 amide bonds. The normalized spacial score (nSPS) is 16.0. The maximum Gasteiger partial charge on any atom is 0.226 e. The van der Waals surface area contributed by atoms with Crippen molar-refractivity contribution in [1.29, 1.82) is 0 Å². The van der Waals surface area contributed by atoms with Crippen LogP contribution in [0.5, 0.6) is 0 Å². The van der Waals surface area contributed by atoms with Crippen LogP contribution in [0, 0.1) is 0 Å². The van der Waals surface area contributed by atoms with E-state index < -0.39 is 0 Å². The highest BCUT2D eigenvalue weighted by molar-refractivity contribution is 5.78. The molecule has 1 atom stereocenters. The Morgan fingerprint density at radius 3 is 2.24 bits per heavy atom. The maximum absolute atomic E-state index is 12.4. The van der Waals surface area contributed by atoms with Crippen molar-refractivity contribution < 1.29 is 9.59 Å². The van der Waals surface area contributed by atoms with Gasteiger partial charge in [-0.1, -0.05) is 25.0 Å². The number of likely N-dealkylation sites (N-methyl/N-ethyl adjacent to an activating group) is 1. The quantitative estimate of drug-likeness (QED) is 0.862. The van der Waals surface area contributed by atoms with Crippen LogP contribution in [0.15, 0.2) is 24.3 Å². The fourth-order valence-electron chi connectivity index (χ4n) is 3.10. The van der Waals surface area contributed by atoms with E-state index in [1.54, 1.807) is 19.0 Å². The van der Waals surface area contributed by atoms with Crippen LogP contribution in [0.25, 0.3) is 0 Å². The van der Waals surface area contributed by atoms with E-state index in [9.17, 15) is 9.59 Å². The molecular weight excluding hydrogens is 314 g/mol. The molecule has 1 aromatic carbocycles. The molecule has 5 heteroatoms. The fraction of sp³-hybridized carbons (Fsp3) is 0.600. The van der Waals surface area contributed by atoms with Gasteiger partial charge in [-0.25, -0.2) is 0 Å². The van der Waals surface area contributed by atoms with Gasteiger partial charge >= 0.3 is 0 Å². The summed E-state index contributed by atoms with van der Waals surface area (Å²) in [7, 11) is 3.53. The summed E-state index contributed by atoms with van der Waals surface area (Å²) < 4.78 is 0. The van der Waals surface area contributed by atoms with E-state index in [1.807, 2.05) is 36.1 Å². The summed E-state index contributed by atoms with van der Waals surface area (Å²) in [4.78, 5) is 27.8. The van der Waals surface area contributed by atoms with E-state index in [2.05, 4.69) is 5.32 Å². The van der Waals surface area contributed by atoms with Crippen molar-refractivity contribution in [3.63, 3.8) is 0 Å². The second-order valence-corrected chi connectivity index (χ2v) is 7.21. The number of benzene rings is 1. The topological polar surface area (TPSA) is 52.7 Å². The third kappa shape index (κ3) is 6.40. The number of likely N-dealkylation sites (tertiary alicyclic amines) is 1. The first-order valence-electron chi connectivity index (χ1n) is 9.29. The molecule has 0 aromatic heterocycles. The van der Waals surface area contributed by atoms with E-state index in [0.29, 0.717) is 12.8 Å². The van der Waals surface area contributed by atoms with Gasteiger partial charge in [0.1, 0.15) is 0 Å². The highest BCUT2D eigenvalue weighted by Crippen LogP contribution is 2.15. The molecule has 2 rings (SSSR count). The van der Waals surface area contributed by atoms with Crippen LogP contribution in [0.1, 0.15) is 44.6 Å². The van der Waals surface area contributed by atoms with Crippen molar-refractivity contribution in [2.75, 3.05) is 32.5 Å². The maximum atomic E-state index is 12.4. The molecule has 0 aliphatic carbocycles. The van der Waals surface area contributed by atoms with Crippen LogP contribution in [0.3, 0.4) is 0 Å². The lowest BCUT2D eigenvalue weighted by molar-refractivity contribution is -0.131. The first-order valence-corrected chi connectivity index (χ1v) is 9.29. The molecule has 5 nitrogen and oxygen atoms in total. The number of carbonyl (C=O) groups is 2. The zero-order valence-corrected chi connectivity index (χ0v) is 15.8. The number of rotatable bonds is 6. The Morgan fingerprint density at radius 2 is 1.68 bits per heavy atom. The summed E-state index contributed by atoms with van der Waals surface area (Å²) in [6.45, 7) is 3.85. The smallest absolute Gasteiger partial charge is 0.226 e. The highest BCUT2D eigenvalue weighted by atomic mass is 16.2. The molecule has 1 saturated heterocycles. The minimum Gasteiger partial charge on any atom is -0.382 e.